The van der Waals surface area contributed by atoms with Crippen molar-refractivity contribution in [3.63, 3.8) is 0 Å². The topological polar surface area (TPSA) is 95.9 Å². The molecule has 0 aliphatic carbocycles. The number of esters is 1. The highest BCUT2D eigenvalue weighted by Crippen LogP contribution is 2.68. The third-order valence-electron chi connectivity index (χ3n) is 7.35. The third-order valence-corrected chi connectivity index (χ3v) is 10.9. The Morgan fingerprint density at radius 2 is 2.11 bits per heavy atom. The first-order valence-corrected chi connectivity index (χ1v) is 14.2. The second kappa shape index (κ2) is 10.2. The number of ether oxygens (including phenoxy) is 1. The molecule has 3 aliphatic rings. The van der Waals surface area contributed by atoms with Crippen molar-refractivity contribution in [2.45, 2.75) is 67.4 Å². The van der Waals surface area contributed by atoms with E-state index in [1.165, 1.54) is 0 Å². The fraction of sp³-hybridized carbons (Fsp3) is 0.640. The largest absolute Gasteiger partial charge is 0.466 e. The van der Waals surface area contributed by atoms with Gasteiger partial charge in [-0.1, -0.05) is 53.5 Å². The number of hydrogen-bond acceptors (Lipinski definition) is 6. The van der Waals surface area contributed by atoms with Crippen molar-refractivity contribution in [1.82, 2.24) is 4.90 Å². The Bertz CT molecular complexity index is 1010. The number of aryl methyl sites for hydroxylation is 1. The van der Waals surface area contributed by atoms with E-state index in [2.05, 4.69) is 21.2 Å². The summed E-state index contributed by atoms with van der Waals surface area (Å²) in [5, 5.41) is 13.6. The summed E-state index contributed by atoms with van der Waals surface area (Å²) in [5.41, 5.74) is 1.31. The van der Waals surface area contributed by atoms with Crippen LogP contribution < -0.4 is 5.32 Å². The number of anilines is 1. The number of carbonyl (C=O) groups is 3. The van der Waals surface area contributed by atoms with Gasteiger partial charge in [0.15, 0.2) is 0 Å². The molecule has 35 heavy (non-hydrogen) atoms. The summed E-state index contributed by atoms with van der Waals surface area (Å²) in [6, 6.07) is 3.98. The van der Waals surface area contributed by atoms with Crippen molar-refractivity contribution in [3.05, 3.63) is 28.8 Å². The maximum atomic E-state index is 14.1. The quantitative estimate of drug-likeness (QED) is 0.352. The highest BCUT2D eigenvalue weighted by Gasteiger charge is 2.76. The zero-order valence-electron chi connectivity index (χ0n) is 20.3. The first-order valence-electron chi connectivity index (χ1n) is 12.0. The van der Waals surface area contributed by atoms with Gasteiger partial charge >= 0.3 is 5.97 Å². The van der Waals surface area contributed by atoms with Crippen molar-refractivity contribution >= 4 is 62.8 Å². The molecule has 4 rings (SSSR count). The molecular weight excluding hydrogens is 556 g/mol. The van der Waals surface area contributed by atoms with Crippen molar-refractivity contribution in [1.29, 1.82) is 0 Å². The summed E-state index contributed by atoms with van der Waals surface area (Å²) in [6.07, 6.45) is 1.10. The lowest BCUT2D eigenvalue weighted by Gasteiger charge is -2.38. The average Bonchev–Trinajstić information content (AvgIpc) is 3.38. The molecule has 1 spiro atoms. The van der Waals surface area contributed by atoms with Gasteiger partial charge in [-0.05, 0) is 44.2 Å². The van der Waals surface area contributed by atoms with Gasteiger partial charge in [0, 0.05) is 10.1 Å². The zero-order valence-corrected chi connectivity index (χ0v) is 23.5. The van der Waals surface area contributed by atoms with Crippen LogP contribution in [0.5, 0.6) is 0 Å². The first-order chi connectivity index (χ1) is 16.6. The monoisotopic (exact) mass is 586 g/mol. The standard InChI is InChI=1S/C25H32BrClN2O5S/c1-5-34-24(33)17-18-23(32)29(14(11-30)9-12(2)3)21(25(18)10-15(26)20(17)35-25)22(31)28-19-13(4)7-6-8-16(19)27/h6-8,12,14-15,17-18,20-21,30H,5,9-11H2,1-4H3,(H,28,31)/t14-,15?,17+,18+,20+,21?,25?/m1/s1. The molecule has 3 aliphatic heterocycles. The minimum Gasteiger partial charge on any atom is -0.466 e. The van der Waals surface area contributed by atoms with E-state index in [0.29, 0.717) is 23.6 Å². The summed E-state index contributed by atoms with van der Waals surface area (Å²) in [5.74, 6) is -2.14. The van der Waals surface area contributed by atoms with Gasteiger partial charge in [0.05, 0.1) is 46.5 Å². The van der Waals surface area contributed by atoms with E-state index in [1.54, 1.807) is 29.7 Å². The number of likely N-dealkylation sites (tertiary alicyclic amines) is 1. The van der Waals surface area contributed by atoms with Gasteiger partial charge in [-0.25, -0.2) is 0 Å². The van der Waals surface area contributed by atoms with Crippen molar-refractivity contribution < 1.29 is 24.2 Å². The molecule has 2 bridgehead atoms. The number of alkyl halides is 1. The maximum Gasteiger partial charge on any atom is 0.310 e. The molecule has 3 unspecified atom stereocenters. The molecule has 0 radical (unpaired) electrons. The highest BCUT2D eigenvalue weighted by atomic mass is 79.9. The lowest BCUT2D eigenvalue weighted by Crippen LogP contribution is -2.55. The van der Waals surface area contributed by atoms with E-state index in [-0.39, 0.29) is 41.0 Å². The number of para-hydroxylation sites is 1. The van der Waals surface area contributed by atoms with Gasteiger partial charge in [-0.3, -0.25) is 14.4 Å². The summed E-state index contributed by atoms with van der Waals surface area (Å²) < 4.78 is 4.57. The summed E-state index contributed by atoms with van der Waals surface area (Å²) in [6.45, 7) is 7.59. The summed E-state index contributed by atoms with van der Waals surface area (Å²) in [4.78, 5) is 42.7. The number of aliphatic hydroxyl groups excluding tert-OH is 1. The van der Waals surface area contributed by atoms with Crippen molar-refractivity contribution in [2.24, 2.45) is 17.8 Å². The molecule has 2 N–H and O–H groups in total. The number of halogens is 2. The zero-order chi connectivity index (χ0) is 25.7. The van der Waals surface area contributed by atoms with Crippen LogP contribution in [0.25, 0.3) is 0 Å². The fourth-order valence-electron chi connectivity index (χ4n) is 6.07. The number of thioether (sulfide) groups is 1. The van der Waals surface area contributed by atoms with E-state index in [0.717, 1.165) is 5.56 Å². The number of aliphatic hydroxyl groups is 1. The number of benzene rings is 1. The van der Waals surface area contributed by atoms with Crippen molar-refractivity contribution in [2.75, 3.05) is 18.5 Å². The average molecular weight is 588 g/mol. The number of rotatable bonds is 8. The smallest absolute Gasteiger partial charge is 0.310 e. The molecular formula is C25H32BrClN2O5S. The molecule has 3 fully saturated rings. The van der Waals surface area contributed by atoms with Crippen LogP contribution in [-0.2, 0) is 19.1 Å². The van der Waals surface area contributed by atoms with Crippen molar-refractivity contribution in [3.8, 4) is 0 Å². The Balaban J connectivity index is 1.80. The van der Waals surface area contributed by atoms with E-state index in [4.69, 9.17) is 16.3 Å². The minimum absolute atomic E-state index is 0.0408. The van der Waals surface area contributed by atoms with Crippen LogP contribution in [0.3, 0.4) is 0 Å². The lowest BCUT2D eigenvalue weighted by atomic mass is 9.71. The number of nitrogens with one attached hydrogen (secondary N) is 1. The minimum atomic E-state index is -0.860. The van der Waals surface area contributed by atoms with E-state index >= 15 is 0 Å². The number of amides is 2. The van der Waals surface area contributed by atoms with Gasteiger partial charge < -0.3 is 20.1 Å². The molecule has 3 saturated heterocycles. The van der Waals surface area contributed by atoms with Gasteiger partial charge in [-0.15, -0.1) is 11.8 Å². The number of nitrogens with zero attached hydrogens (tertiary/aromatic N) is 1. The normalized spacial score (nSPS) is 32.2. The van der Waals surface area contributed by atoms with Crippen LogP contribution in [0.4, 0.5) is 5.69 Å². The predicted octanol–water partition coefficient (Wildman–Crippen LogP) is 4.02. The molecule has 2 amide bonds. The van der Waals surface area contributed by atoms with Crippen LogP contribution in [0.15, 0.2) is 18.2 Å². The molecule has 0 aromatic heterocycles. The summed E-state index contributed by atoms with van der Waals surface area (Å²) >= 11 is 11.7. The number of hydrogen-bond donors (Lipinski definition) is 2. The molecule has 7 nitrogen and oxygen atoms in total. The lowest BCUT2D eigenvalue weighted by molar-refractivity contribution is -0.154. The predicted molar refractivity (Wildman–Crippen MR) is 141 cm³/mol. The first kappa shape index (κ1) is 26.8. The van der Waals surface area contributed by atoms with Crippen LogP contribution in [-0.4, -0.2) is 67.9 Å². The second-order valence-corrected chi connectivity index (χ2v) is 13.2. The fourth-order valence-corrected chi connectivity index (χ4v) is 9.93. The number of carbonyl (C=O) groups excluding carboxylic acids is 3. The molecule has 1 aromatic rings. The molecule has 1 aromatic carbocycles. The van der Waals surface area contributed by atoms with E-state index in [9.17, 15) is 19.5 Å². The van der Waals surface area contributed by atoms with E-state index in [1.807, 2.05) is 32.9 Å². The van der Waals surface area contributed by atoms with Crippen LogP contribution in [0, 0.1) is 24.7 Å². The SMILES string of the molecule is CCOC(=O)[C@H]1[C@H]2C(=O)N([C@@H](CO)CC(C)C)C(C(=O)Nc3c(C)cccc3Cl)C23CC(Br)[C@@H]1S3. The second-order valence-electron chi connectivity index (χ2n) is 10.0. The summed E-state index contributed by atoms with van der Waals surface area (Å²) in [7, 11) is 0. The van der Waals surface area contributed by atoms with Crippen LogP contribution in [0.2, 0.25) is 5.02 Å². The van der Waals surface area contributed by atoms with Gasteiger partial charge in [-0.2, -0.15) is 0 Å². The Kier molecular flexibility index (Phi) is 7.82. The highest BCUT2D eigenvalue weighted by molar-refractivity contribution is 9.09. The van der Waals surface area contributed by atoms with E-state index < -0.39 is 34.6 Å². The molecule has 192 valence electrons. The third kappa shape index (κ3) is 4.40. The van der Waals surface area contributed by atoms with Crippen LogP contribution in [0.1, 0.15) is 39.2 Å². The molecule has 3 heterocycles. The van der Waals surface area contributed by atoms with Gasteiger partial charge in [0.2, 0.25) is 11.8 Å². The maximum absolute atomic E-state index is 14.1. The van der Waals surface area contributed by atoms with Gasteiger partial charge in [0.25, 0.3) is 0 Å². The van der Waals surface area contributed by atoms with Gasteiger partial charge in [0.1, 0.15) is 6.04 Å². The Hall–Kier alpha value is -1.29. The Morgan fingerprint density at radius 3 is 2.71 bits per heavy atom. The van der Waals surface area contributed by atoms with Crippen LogP contribution >= 0.6 is 39.3 Å². The molecule has 0 saturated carbocycles. The Morgan fingerprint density at radius 1 is 1.40 bits per heavy atom. The number of fused-ring (bicyclic) bond motifs is 1. The Labute approximate surface area is 223 Å². The molecule has 10 heteroatoms. The molecule has 7 atom stereocenters.